The number of fused-ring (bicyclic) bond motifs is 1. The van der Waals surface area contributed by atoms with E-state index in [4.69, 9.17) is 4.74 Å². The van der Waals surface area contributed by atoms with Crippen molar-refractivity contribution in [3.8, 4) is 11.5 Å². The van der Waals surface area contributed by atoms with Crippen molar-refractivity contribution < 1.29 is 36.6 Å². The van der Waals surface area contributed by atoms with Gasteiger partial charge < -0.3 is 9.84 Å². The Labute approximate surface area is 173 Å². The molecule has 0 spiro atoms. The van der Waals surface area contributed by atoms with Crippen molar-refractivity contribution in [1.29, 1.82) is 0 Å². The third-order valence-electron chi connectivity index (χ3n) is 3.80. The summed E-state index contributed by atoms with van der Waals surface area (Å²) in [5.74, 6) is -3.01. The summed E-state index contributed by atoms with van der Waals surface area (Å²) in [5, 5.41) is 9.42. The van der Waals surface area contributed by atoms with Crippen LogP contribution in [0.25, 0.3) is 5.65 Å². The second-order valence-electron chi connectivity index (χ2n) is 5.79. The minimum absolute atomic E-state index is 0.0611. The van der Waals surface area contributed by atoms with Gasteiger partial charge in [0.1, 0.15) is 9.45 Å². The van der Waals surface area contributed by atoms with E-state index in [0.29, 0.717) is 8.60 Å². The monoisotopic (exact) mass is 527 g/mol. The molecule has 6 nitrogen and oxygen atoms in total. The largest absolute Gasteiger partial charge is 0.465 e. The van der Waals surface area contributed by atoms with E-state index in [2.05, 4.69) is 4.98 Å². The summed E-state index contributed by atoms with van der Waals surface area (Å²) in [6.07, 6.45) is -4.89. The number of alkyl halides is 3. The Kier molecular flexibility index (Phi) is 5.82. The van der Waals surface area contributed by atoms with Gasteiger partial charge in [0.15, 0.2) is 17.2 Å². The molecule has 0 unspecified atom stereocenters. The molecule has 0 bridgehead atoms. The molecule has 3 rings (SSSR count). The van der Waals surface area contributed by atoms with E-state index in [1.807, 2.05) is 22.6 Å². The fourth-order valence-corrected chi connectivity index (χ4v) is 3.03. The van der Waals surface area contributed by atoms with Crippen LogP contribution >= 0.6 is 22.6 Å². The SMILES string of the molecule is O=C(O)N(CCC(F)(F)F)c1cc(Oc2cccc(F)c2F)cn2c(I)cnc12. The number of hydrogen-bond acceptors (Lipinski definition) is 3. The third kappa shape index (κ3) is 4.68. The van der Waals surface area contributed by atoms with Crippen molar-refractivity contribution in [3.05, 3.63) is 52.0 Å². The van der Waals surface area contributed by atoms with Crippen LogP contribution in [-0.4, -0.2) is 33.3 Å². The second kappa shape index (κ2) is 8.00. The number of amides is 1. The van der Waals surface area contributed by atoms with Gasteiger partial charge in [-0.25, -0.2) is 14.2 Å². The highest BCUT2D eigenvalue weighted by molar-refractivity contribution is 14.1. The van der Waals surface area contributed by atoms with Gasteiger partial charge in [-0.15, -0.1) is 0 Å². The lowest BCUT2D eigenvalue weighted by molar-refractivity contribution is -0.132. The lowest BCUT2D eigenvalue weighted by atomic mass is 10.3. The van der Waals surface area contributed by atoms with E-state index in [1.54, 1.807) is 0 Å². The van der Waals surface area contributed by atoms with E-state index in [0.717, 1.165) is 18.2 Å². The van der Waals surface area contributed by atoms with Crippen molar-refractivity contribution in [2.75, 3.05) is 11.4 Å². The van der Waals surface area contributed by atoms with Crippen LogP contribution in [0, 0.1) is 15.3 Å². The lowest BCUT2D eigenvalue weighted by Crippen LogP contribution is -2.33. The normalized spacial score (nSPS) is 11.7. The number of ether oxygens (including phenoxy) is 1. The number of anilines is 1. The summed E-state index contributed by atoms with van der Waals surface area (Å²) in [5.41, 5.74) is -0.134. The number of halogens is 6. The van der Waals surface area contributed by atoms with E-state index in [-0.39, 0.29) is 17.1 Å². The summed E-state index contributed by atoms with van der Waals surface area (Å²) in [4.78, 5) is 16.1. The fourth-order valence-electron chi connectivity index (χ4n) is 2.52. The third-order valence-corrected chi connectivity index (χ3v) is 4.60. The Balaban J connectivity index is 2.08. The van der Waals surface area contributed by atoms with E-state index < -0.39 is 42.6 Å². The minimum atomic E-state index is -4.58. The topological polar surface area (TPSA) is 67.1 Å². The van der Waals surface area contributed by atoms with Crippen molar-refractivity contribution in [1.82, 2.24) is 9.38 Å². The molecule has 2 heterocycles. The Bertz CT molecular complexity index is 1070. The number of aromatic nitrogens is 2. The summed E-state index contributed by atoms with van der Waals surface area (Å²) in [6, 6.07) is 4.35. The van der Waals surface area contributed by atoms with Gasteiger partial charge in [-0.3, -0.25) is 9.30 Å². The molecule has 0 saturated heterocycles. The van der Waals surface area contributed by atoms with Gasteiger partial charge in [-0.05, 0) is 34.7 Å². The molecule has 1 amide bonds. The fraction of sp³-hybridized carbons (Fsp3) is 0.176. The summed E-state index contributed by atoms with van der Waals surface area (Å²) in [6.45, 7) is -0.879. The maximum absolute atomic E-state index is 13.9. The Morgan fingerprint density at radius 1 is 1.31 bits per heavy atom. The number of pyridine rings is 1. The van der Waals surface area contributed by atoms with Gasteiger partial charge in [0.2, 0.25) is 5.82 Å². The first-order valence-electron chi connectivity index (χ1n) is 7.92. The zero-order valence-corrected chi connectivity index (χ0v) is 16.4. The molecule has 1 N–H and O–H groups in total. The highest BCUT2D eigenvalue weighted by Gasteiger charge is 2.31. The quantitative estimate of drug-likeness (QED) is 0.355. The number of nitrogens with zero attached hydrogens (tertiary/aromatic N) is 3. The average molecular weight is 527 g/mol. The minimum Gasteiger partial charge on any atom is -0.465 e. The molecule has 12 heteroatoms. The van der Waals surface area contributed by atoms with Crippen LogP contribution in [0.1, 0.15) is 6.42 Å². The number of hydrogen-bond donors (Lipinski definition) is 1. The number of imidazole rings is 1. The van der Waals surface area contributed by atoms with Crippen LogP contribution in [-0.2, 0) is 0 Å². The van der Waals surface area contributed by atoms with Gasteiger partial charge >= 0.3 is 12.3 Å². The van der Waals surface area contributed by atoms with Crippen LogP contribution in [0.3, 0.4) is 0 Å². The smallest absolute Gasteiger partial charge is 0.411 e. The molecular weight excluding hydrogens is 516 g/mol. The first kappa shape index (κ1) is 21.1. The molecule has 2 aromatic heterocycles. The molecule has 3 aromatic rings. The standard InChI is InChI=1S/C17H11F5IN3O3/c18-10-2-1-3-12(14(10)19)29-9-6-11(15-24-7-13(23)26(15)8-9)25(16(27)28)5-4-17(20,21)22/h1-3,6-8H,4-5H2,(H,27,28). The zero-order chi connectivity index (χ0) is 21.3. The van der Waals surface area contributed by atoms with Gasteiger partial charge in [0.05, 0.1) is 24.5 Å². The van der Waals surface area contributed by atoms with Crippen molar-refractivity contribution >= 4 is 40.0 Å². The highest BCUT2D eigenvalue weighted by atomic mass is 127. The van der Waals surface area contributed by atoms with Crippen LogP contribution < -0.4 is 9.64 Å². The molecule has 1 aromatic carbocycles. The molecule has 0 atom stereocenters. The predicted molar refractivity (Wildman–Crippen MR) is 100 cm³/mol. The van der Waals surface area contributed by atoms with Gasteiger partial charge in [-0.1, -0.05) is 6.07 Å². The van der Waals surface area contributed by atoms with Gasteiger partial charge in [0, 0.05) is 12.6 Å². The van der Waals surface area contributed by atoms with Gasteiger partial charge in [-0.2, -0.15) is 17.6 Å². The first-order chi connectivity index (χ1) is 13.6. The number of benzene rings is 1. The molecule has 0 aliphatic carbocycles. The Morgan fingerprint density at radius 3 is 2.69 bits per heavy atom. The molecule has 154 valence electrons. The molecule has 0 radical (unpaired) electrons. The van der Waals surface area contributed by atoms with Gasteiger partial charge in [0.25, 0.3) is 0 Å². The molecule has 0 saturated carbocycles. The predicted octanol–water partition coefficient (Wildman–Crippen LogP) is 5.45. The lowest BCUT2D eigenvalue weighted by Gasteiger charge is -2.21. The van der Waals surface area contributed by atoms with Crippen molar-refractivity contribution in [2.24, 2.45) is 0 Å². The average Bonchev–Trinajstić information content (AvgIpc) is 2.99. The van der Waals surface area contributed by atoms with E-state index >= 15 is 0 Å². The maximum atomic E-state index is 13.9. The number of carbonyl (C=O) groups is 1. The molecule has 0 fully saturated rings. The van der Waals surface area contributed by atoms with E-state index in [9.17, 15) is 31.9 Å². The highest BCUT2D eigenvalue weighted by Crippen LogP contribution is 2.33. The summed E-state index contributed by atoms with van der Waals surface area (Å²) < 4.78 is 72.4. The Morgan fingerprint density at radius 2 is 2.03 bits per heavy atom. The first-order valence-corrected chi connectivity index (χ1v) is 9.00. The molecule has 29 heavy (non-hydrogen) atoms. The van der Waals surface area contributed by atoms with Crippen LogP contribution in [0.5, 0.6) is 11.5 Å². The molecular formula is C17H11F5IN3O3. The van der Waals surface area contributed by atoms with Crippen molar-refractivity contribution in [3.63, 3.8) is 0 Å². The maximum Gasteiger partial charge on any atom is 0.411 e. The summed E-state index contributed by atoms with van der Waals surface area (Å²) >= 11 is 1.87. The second-order valence-corrected chi connectivity index (χ2v) is 6.89. The van der Waals surface area contributed by atoms with Crippen LogP contribution in [0.4, 0.5) is 32.4 Å². The number of rotatable bonds is 5. The zero-order valence-electron chi connectivity index (χ0n) is 14.3. The van der Waals surface area contributed by atoms with Crippen LogP contribution in [0.15, 0.2) is 36.7 Å². The molecule has 0 aliphatic rings. The van der Waals surface area contributed by atoms with E-state index in [1.165, 1.54) is 22.9 Å². The molecule has 0 aliphatic heterocycles. The van der Waals surface area contributed by atoms with Crippen LogP contribution in [0.2, 0.25) is 0 Å². The summed E-state index contributed by atoms with van der Waals surface area (Å²) in [7, 11) is 0. The Hall–Kier alpha value is -2.64. The van der Waals surface area contributed by atoms with Crippen molar-refractivity contribution in [2.45, 2.75) is 12.6 Å². The number of carboxylic acid groups (broad SMARTS) is 1.